The van der Waals surface area contributed by atoms with Gasteiger partial charge in [-0.05, 0) is 45.8 Å². The van der Waals surface area contributed by atoms with Crippen molar-refractivity contribution in [3.63, 3.8) is 0 Å². The van der Waals surface area contributed by atoms with E-state index in [1.54, 1.807) is 36.4 Å². The molecule has 0 aliphatic rings. The van der Waals surface area contributed by atoms with Gasteiger partial charge in [0.1, 0.15) is 12.4 Å². The molecule has 0 fully saturated rings. The van der Waals surface area contributed by atoms with Gasteiger partial charge in [0.05, 0.1) is 16.5 Å². The van der Waals surface area contributed by atoms with Crippen molar-refractivity contribution in [3.05, 3.63) is 92.2 Å². The molecule has 3 aromatic carbocycles. The molecule has 0 aliphatic heterocycles. The molecule has 3 rings (SSSR count). The zero-order chi connectivity index (χ0) is 20.8. The van der Waals surface area contributed by atoms with Crippen molar-refractivity contribution < 1.29 is 18.8 Å². The summed E-state index contributed by atoms with van der Waals surface area (Å²) in [5.41, 5.74) is 1.97. The minimum Gasteiger partial charge on any atom is -0.493 e. The largest absolute Gasteiger partial charge is 0.493 e. The van der Waals surface area contributed by atoms with Crippen LogP contribution >= 0.6 is 15.9 Å². The Labute approximate surface area is 175 Å². The number of hydrogen-bond donors (Lipinski definition) is 1. The highest BCUT2D eigenvalue weighted by Crippen LogP contribution is 2.37. The summed E-state index contributed by atoms with van der Waals surface area (Å²) in [5.74, 6) is 0.627. The third-order valence-corrected chi connectivity index (χ3v) is 4.76. The van der Waals surface area contributed by atoms with E-state index in [9.17, 15) is 14.5 Å². The van der Waals surface area contributed by atoms with E-state index in [1.165, 1.54) is 25.3 Å². The van der Waals surface area contributed by atoms with E-state index in [2.05, 4.69) is 21.2 Å². The second-order valence-electron chi connectivity index (χ2n) is 6.15. The van der Waals surface area contributed by atoms with Crippen LogP contribution < -0.4 is 14.8 Å². The van der Waals surface area contributed by atoms with Crippen molar-refractivity contribution in [2.45, 2.75) is 13.2 Å². The molecule has 150 valence electrons. The molecule has 0 radical (unpaired) electrons. The second-order valence-corrected chi connectivity index (χ2v) is 7.00. The van der Waals surface area contributed by atoms with Gasteiger partial charge in [-0.25, -0.2) is 4.39 Å². The first-order chi connectivity index (χ1) is 14.0. The Morgan fingerprint density at radius 1 is 1.14 bits per heavy atom. The predicted octanol–water partition coefficient (Wildman–Crippen LogP) is 5.70. The van der Waals surface area contributed by atoms with E-state index in [4.69, 9.17) is 9.47 Å². The van der Waals surface area contributed by atoms with Crippen LogP contribution in [0.15, 0.2) is 65.1 Å². The lowest BCUT2D eigenvalue weighted by Crippen LogP contribution is -2.03. The Hall–Kier alpha value is -3.13. The summed E-state index contributed by atoms with van der Waals surface area (Å²) in [4.78, 5) is 10.5. The number of non-ortho nitro benzene ring substituents is 1. The van der Waals surface area contributed by atoms with Gasteiger partial charge in [-0.3, -0.25) is 10.1 Å². The lowest BCUT2D eigenvalue weighted by atomic mass is 10.2. The molecule has 0 atom stereocenters. The summed E-state index contributed by atoms with van der Waals surface area (Å²) in [7, 11) is 1.52. The fourth-order valence-corrected chi connectivity index (χ4v) is 3.32. The number of benzene rings is 3. The Bertz CT molecular complexity index is 1030. The molecular formula is C21H18BrFN2O4. The highest BCUT2D eigenvalue weighted by molar-refractivity contribution is 9.10. The van der Waals surface area contributed by atoms with Crippen molar-refractivity contribution in [2.24, 2.45) is 0 Å². The summed E-state index contributed by atoms with van der Waals surface area (Å²) < 4.78 is 25.7. The number of nitro benzene ring substituents is 1. The molecule has 0 saturated carbocycles. The molecule has 0 heterocycles. The molecule has 0 aromatic heterocycles. The van der Waals surface area contributed by atoms with Gasteiger partial charge in [0.2, 0.25) is 0 Å². The maximum Gasteiger partial charge on any atom is 0.271 e. The van der Waals surface area contributed by atoms with Crippen molar-refractivity contribution in [1.29, 1.82) is 0 Å². The minimum atomic E-state index is -0.438. The van der Waals surface area contributed by atoms with E-state index >= 15 is 0 Å². The molecule has 0 aliphatic carbocycles. The summed E-state index contributed by atoms with van der Waals surface area (Å²) in [5, 5.41) is 14.0. The van der Waals surface area contributed by atoms with Crippen LogP contribution in [0.2, 0.25) is 0 Å². The summed E-state index contributed by atoms with van der Waals surface area (Å²) in [6.07, 6.45) is 0. The van der Waals surface area contributed by atoms with E-state index in [0.29, 0.717) is 33.8 Å². The monoisotopic (exact) mass is 460 g/mol. The Morgan fingerprint density at radius 3 is 2.66 bits per heavy atom. The van der Waals surface area contributed by atoms with E-state index in [1.807, 2.05) is 6.07 Å². The first-order valence-electron chi connectivity index (χ1n) is 8.69. The number of halogens is 2. The van der Waals surface area contributed by atoms with Gasteiger partial charge in [-0.15, -0.1) is 0 Å². The van der Waals surface area contributed by atoms with Crippen LogP contribution in [0.1, 0.15) is 11.1 Å². The molecule has 0 unspecified atom stereocenters. The molecule has 0 saturated heterocycles. The molecule has 6 nitrogen and oxygen atoms in total. The molecule has 0 bridgehead atoms. The quantitative estimate of drug-likeness (QED) is 0.344. The standard InChI is InChI=1S/C21H18BrFN2O4/c1-28-20-10-14(12-24-16-6-4-7-17(11-16)25(26)27)9-18(22)21(20)29-13-15-5-2-3-8-19(15)23/h2-11,24H,12-13H2,1H3. The average molecular weight is 461 g/mol. The first-order valence-corrected chi connectivity index (χ1v) is 9.48. The van der Waals surface area contributed by atoms with Gasteiger partial charge in [0.15, 0.2) is 11.5 Å². The Kier molecular flexibility index (Phi) is 6.66. The van der Waals surface area contributed by atoms with Crippen LogP contribution in [0.5, 0.6) is 11.5 Å². The van der Waals surface area contributed by atoms with Gasteiger partial charge in [0.25, 0.3) is 5.69 Å². The smallest absolute Gasteiger partial charge is 0.271 e. The maximum absolute atomic E-state index is 13.8. The average Bonchev–Trinajstić information content (AvgIpc) is 2.72. The maximum atomic E-state index is 13.8. The van der Waals surface area contributed by atoms with Crippen molar-refractivity contribution in [3.8, 4) is 11.5 Å². The number of rotatable bonds is 8. The van der Waals surface area contributed by atoms with E-state index in [0.717, 1.165) is 5.56 Å². The fraction of sp³-hybridized carbons (Fsp3) is 0.143. The topological polar surface area (TPSA) is 73.6 Å². The predicted molar refractivity (Wildman–Crippen MR) is 112 cm³/mol. The van der Waals surface area contributed by atoms with Crippen LogP contribution in [0, 0.1) is 15.9 Å². The van der Waals surface area contributed by atoms with Gasteiger partial charge in [0, 0.05) is 29.9 Å². The van der Waals surface area contributed by atoms with E-state index in [-0.39, 0.29) is 18.1 Å². The number of methoxy groups -OCH3 is 1. The molecular weight excluding hydrogens is 443 g/mol. The number of nitro groups is 1. The minimum absolute atomic E-state index is 0.0191. The first kappa shape index (κ1) is 20.6. The molecule has 0 amide bonds. The van der Waals surface area contributed by atoms with Crippen molar-refractivity contribution in [2.75, 3.05) is 12.4 Å². The molecule has 3 aromatic rings. The zero-order valence-corrected chi connectivity index (χ0v) is 17.1. The van der Waals surface area contributed by atoms with E-state index < -0.39 is 4.92 Å². The highest BCUT2D eigenvalue weighted by Gasteiger charge is 2.13. The lowest BCUT2D eigenvalue weighted by molar-refractivity contribution is -0.384. The van der Waals surface area contributed by atoms with Crippen LogP contribution in [0.25, 0.3) is 0 Å². The SMILES string of the molecule is COc1cc(CNc2cccc([N+](=O)[O-])c2)cc(Br)c1OCc1ccccc1F. The number of hydrogen-bond acceptors (Lipinski definition) is 5. The van der Waals surface area contributed by atoms with Gasteiger partial charge >= 0.3 is 0 Å². The molecule has 0 spiro atoms. The molecule has 1 N–H and O–H groups in total. The highest BCUT2D eigenvalue weighted by atomic mass is 79.9. The zero-order valence-electron chi connectivity index (χ0n) is 15.5. The van der Waals surface area contributed by atoms with Gasteiger partial charge in [-0.2, -0.15) is 0 Å². The van der Waals surface area contributed by atoms with Gasteiger partial charge in [-0.1, -0.05) is 24.3 Å². The third-order valence-electron chi connectivity index (χ3n) is 4.17. The van der Waals surface area contributed by atoms with Crippen LogP contribution in [0.3, 0.4) is 0 Å². The lowest BCUT2D eigenvalue weighted by Gasteiger charge is -2.15. The summed E-state index contributed by atoms with van der Waals surface area (Å²) in [6.45, 7) is 0.483. The summed E-state index contributed by atoms with van der Waals surface area (Å²) in [6, 6.07) is 16.3. The number of anilines is 1. The Balaban J connectivity index is 1.73. The molecule has 8 heteroatoms. The van der Waals surface area contributed by atoms with Gasteiger partial charge < -0.3 is 14.8 Å². The second kappa shape index (κ2) is 9.38. The number of nitrogens with zero attached hydrogens (tertiary/aromatic N) is 1. The summed E-state index contributed by atoms with van der Waals surface area (Å²) >= 11 is 3.47. The van der Waals surface area contributed by atoms with Crippen molar-refractivity contribution >= 4 is 27.3 Å². The third kappa shape index (κ3) is 5.23. The Morgan fingerprint density at radius 2 is 1.93 bits per heavy atom. The number of nitrogens with one attached hydrogen (secondary N) is 1. The van der Waals surface area contributed by atoms with Crippen LogP contribution in [-0.2, 0) is 13.2 Å². The van der Waals surface area contributed by atoms with Crippen LogP contribution in [-0.4, -0.2) is 12.0 Å². The number of ether oxygens (including phenoxy) is 2. The fourth-order valence-electron chi connectivity index (χ4n) is 2.71. The van der Waals surface area contributed by atoms with Crippen LogP contribution in [0.4, 0.5) is 15.8 Å². The normalized spacial score (nSPS) is 10.4. The van der Waals surface area contributed by atoms with Crippen molar-refractivity contribution in [1.82, 2.24) is 0 Å². The molecule has 29 heavy (non-hydrogen) atoms.